The molecule has 1 atom stereocenters. The summed E-state index contributed by atoms with van der Waals surface area (Å²) in [5.74, 6) is 2.96. The topological polar surface area (TPSA) is 21.3 Å². The Balaban J connectivity index is 1.88. The highest BCUT2D eigenvalue weighted by molar-refractivity contribution is 7.99. The number of hydrogen-bond donors (Lipinski definition) is 1. The molecule has 1 unspecified atom stereocenters. The molecule has 1 aromatic rings. The fourth-order valence-corrected chi connectivity index (χ4v) is 3.88. The Bertz CT molecular complexity index is 363. The van der Waals surface area contributed by atoms with Gasteiger partial charge in [-0.05, 0) is 44.0 Å². The Morgan fingerprint density at radius 2 is 2.17 bits per heavy atom. The maximum absolute atomic E-state index is 5.26. The maximum atomic E-state index is 5.26. The molecule has 2 nitrogen and oxygen atoms in total. The van der Waals surface area contributed by atoms with Crippen molar-refractivity contribution in [3.63, 3.8) is 0 Å². The van der Waals surface area contributed by atoms with Gasteiger partial charge in [-0.15, -0.1) is 11.8 Å². The Morgan fingerprint density at radius 1 is 1.39 bits per heavy atom. The standard InChI is InChI=1S/C15H23NOS/c1-16-15(12-6-3-4-7-12)11-18-14-9-5-8-13(10-14)17-2/h5,8-10,12,15-16H,3-4,6-7,11H2,1-2H3. The molecule has 1 N–H and O–H groups in total. The van der Waals surface area contributed by atoms with E-state index in [2.05, 4.69) is 30.6 Å². The first-order valence-corrected chi connectivity index (χ1v) is 7.76. The molecular weight excluding hydrogens is 242 g/mol. The fourth-order valence-electron chi connectivity index (χ4n) is 2.69. The van der Waals surface area contributed by atoms with Gasteiger partial charge in [0.1, 0.15) is 5.75 Å². The smallest absolute Gasteiger partial charge is 0.119 e. The Labute approximate surface area is 114 Å². The Morgan fingerprint density at radius 3 is 2.83 bits per heavy atom. The number of methoxy groups -OCH3 is 1. The molecule has 3 heteroatoms. The number of ether oxygens (including phenoxy) is 1. The van der Waals surface area contributed by atoms with Crippen LogP contribution in [0.25, 0.3) is 0 Å². The predicted octanol–water partition coefficient (Wildman–Crippen LogP) is 3.57. The average Bonchev–Trinajstić information content (AvgIpc) is 2.94. The van der Waals surface area contributed by atoms with E-state index in [-0.39, 0.29) is 0 Å². The molecule has 18 heavy (non-hydrogen) atoms. The lowest BCUT2D eigenvalue weighted by Gasteiger charge is -2.22. The number of benzene rings is 1. The van der Waals surface area contributed by atoms with Crippen LogP contribution in [0.5, 0.6) is 5.75 Å². The summed E-state index contributed by atoms with van der Waals surface area (Å²) in [6.07, 6.45) is 5.60. The van der Waals surface area contributed by atoms with Gasteiger partial charge < -0.3 is 10.1 Å². The third kappa shape index (κ3) is 3.66. The molecule has 1 fully saturated rings. The van der Waals surface area contributed by atoms with Gasteiger partial charge in [0.2, 0.25) is 0 Å². The van der Waals surface area contributed by atoms with Crippen LogP contribution in [-0.2, 0) is 0 Å². The number of nitrogens with one attached hydrogen (secondary N) is 1. The molecule has 1 saturated carbocycles. The highest BCUT2D eigenvalue weighted by Gasteiger charge is 2.23. The SMILES string of the molecule is CNC(CSc1cccc(OC)c1)C1CCCC1. The van der Waals surface area contributed by atoms with Gasteiger partial charge in [-0.2, -0.15) is 0 Å². The van der Waals surface area contributed by atoms with Crippen LogP contribution in [0.2, 0.25) is 0 Å². The monoisotopic (exact) mass is 265 g/mol. The van der Waals surface area contributed by atoms with Crippen LogP contribution < -0.4 is 10.1 Å². The molecule has 1 aromatic carbocycles. The van der Waals surface area contributed by atoms with Gasteiger partial charge in [0, 0.05) is 16.7 Å². The third-order valence-electron chi connectivity index (χ3n) is 3.81. The van der Waals surface area contributed by atoms with Crippen molar-refractivity contribution in [1.29, 1.82) is 0 Å². The van der Waals surface area contributed by atoms with Crippen molar-refractivity contribution < 1.29 is 4.74 Å². The van der Waals surface area contributed by atoms with E-state index in [4.69, 9.17) is 4.74 Å². The summed E-state index contributed by atoms with van der Waals surface area (Å²) >= 11 is 1.93. The molecule has 0 spiro atoms. The lowest BCUT2D eigenvalue weighted by Crippen LogP contribution is -2.34. The highest BCUT2D eigenvalue weighted by Crippen LogP contribution is 2.31. The molecule has 0 aromatic heterocycles. The molecule has 1 aliphatic rings. The quantitative estimate of drug-likeness (QED) is 0.795. The minimum absolute atomic E-state index is 0.642. The fraction of sp³-hybridized carbons (Fsp3) is 0.600. The summed E-state index contributed by atoms with van der Waals surface area (Å²) < 4.78 is 5.26. The average molecular weight is 265 g/mol. The first-order valence-electron chi connectivity index (χ1n) is 6.77. The summed E-state index contributed by atoms with van der Waals surface area (Å²) in [6, 6.07) is 8.98. The first-order chi connectivity index (χ1) is 8.83. The summed E-state index contributed by atoms with van der Waals surface area (Å²) in [6.45, 7) is 0. The molecule has 0 saturated heterocycles. The van der Waals surface area contributed by atoms with Crippen molar-refractivity contribution >= 4 is 11.8 Å². The van der Waals surface area contributed by atoms with Crippen LogP contribution in [0.1, 0.15) is 25.7 Å². The van der Waals surface area contributed by atoms with Crippen LogP contribution in [0.3, 0.4) is 0 Å². The van der Waals surface area contributed by atoms with Crippen molar-refractivity contribution in [3.8, 4) is 5.75 Å². The molecule has 0 heterocycles. The zero-order valence-electron chi connectivity index (χ0n) is 11.3. The Hall–Kier alpha value is -0.670. The van der Waals surface area contributed by atoms with Gasteiger partial charge >= 0.3 is 0 Å². The van der Waals surface area contributed by atoms with Crippen LogP contribution >= 0.6 is 11.8 Å². The van der Waals surface area contributed by atoms with Crippen molar-refractivity contribution in [3.05, 3.63) is 24.3 Å². The lowest BCUT2D eigenvalue weighted by molar-refractivity contribution is 0.410. The van der Waals surface area contributed by atoms with Gasteiger partial charge in [0.25, 0.3) is 0 Å². The second-order valence-electron chi connectivity index (χ2n) is 4.93. The van der Waals surface area contributed by atoms with Gasteiger partial charge in [-0.25, -0.2) is 0 Å². The molecule has 0 radical (unpaired) electrons. The summed E-state index contributed by atoms with van der Waals surface area (Å²) in [5, 5.41) is 3.49. The van der Waals surface area contributed by atoms with E-state index >= 15 is 0 Å². The number of thioether (sulfide) groups is 1. The Kier molecular flexibility index (Phi) is 5.39. The molecule has 0 amide bonds. The molecular formula is C15H23NOS. The molecule has 1 aliphatic carbocycles. The summed E-state index contributed by atoms with van der Waals surface area (Å²) in [4.78, 5) is 1.30. The van der Waals surface area contributed by atoms with Gasteiger partial charge in [0.15, 0.2) is 0 Å². The molecule has 2 rings (SSSR count). The van der Waals surface area contributed by atoms with E-state index in [0.29, 0.717) is 6.04 Å². The van der Waals surface area contributed by atoms with E-state index < -0.39 is 0 Å². The summed E-state index contributed by atoms with van der Waals surface area (Å²) in [5.41, 5.74) is 0. The van der Waals surface area contributed by atoms with Crippen molar-refractivity contribution in [2.24, 2.45) is 5.92 Å². The summed E-state index contributed by atoms with van der Waals surface area (Å²) in [7, 11) is 3.81. The van der Waals surface area contributed by atoms with Gasteiger partial charge in [-0.3, -0.25) is 0 Å². The van der Waals surface area contributed by atoms with E-state index in [9.17, 15) is 0 Å². The zero-order valence-corrected chi connectivity index (χ0v) is 12.1. The second-order valence-corrected chi connectivity index (χ2v) is 6.02. The second kappa shape index (κ2) is 7.05. The zero-order chi connectivity index (χ0) is 12.8. The number of rotatable bonds is 6. The van der Waals surface area contributed by atoms with Gasteiger partial charge in [0.05, 0.1) is 7.11 Å². The normalized spacial score (nSPS) is 17.9. The van der Waals surface area contributed by atoms with Crippen molar-refractivity contribution in [2.45, 2.75) is 36.6 Å². The highest BCUT2D eigenvalue weighted by atomic mass is 32.2. The molecule has 100 valence electrons. The number of hydrogen-bond acceptors (Lipinski definition) is 3. The first kappa shape index (κ1) is 13.8. The maximum Gasteiger partial charge on any atom is 0.119 e. The van der Waals surface area contributed by atoms with Crippen molar-refractivity contribution in [2.75, 3.05) is 19.9 Å². The van der Waals surface area contributed by atoms with E-state index in [1.54, 1.807) is 7.11 Å². The largest absolute Gasteiger partial charge is 0.497 e. The van der Waals surface area contributed by atoms with Crippen LogP contribution in [0.15, 0.2) is 29.2 Å². The minimum Gasteiger partial charge on any atom is -0.497 e. The van der Waals surface area contributed by atoms with Crippen LogP contribution in [0.4, 0.5) is 0 Å². The minimum atomic E-state index is 0.642. The van der Waals surface area contributed by atoms with Crippen molar-refractivity contribution in [1.82, 2.24) is 5.32 Å². The predicted molar refractivity (Wildman–Crippen MR) is 78.5 cm³/mol. The molecule has 0 aliphatic heterocycles. The third-order valence-corrected chi connectivity index (χ3v) is 4.92. The van der Waals surface area contributed by atoms with E-state index in [1.807, 2.05) is 17.8 Å². The van der Waals surface area contributed by atoms with E-state index in [0.717, 1.165) is 17.4 Å². The molecule has 0 bridgehead atoms. The van der Waals surface area contributed by atoms with Gasteiger partial charge in [-0.1, -0.05) is 18.9 Å². The lowest BCUT2D eigenvalue weighted by atomic mass is 10.0. The van der Waals surface area contributed by atoms with Crippen LogP contribution in [-0.4, -0.2) is 26.0 Å². The van der Waals surface area contributed by atoms with Crippen LogP contribution in [0, 0.1) is 5.92 Å². The van der Waals surface area contributed by atoms with E-state index in [1.165, 1.54) is 30.6 Å².